The highest BCUT2D eigenvalue weighted by molar-refractivity contribution is 4.96. The van der Waals surface area contributed by atoms with E-state index in [-0.39, 0.29) is 0 Å². The number of hydrogen-bond acceptors (Lipinski definition) is 4. The molecule has 2 aliphatic heterocycles. The first kappa shape index (κ1) is 12.3. The van der Waals surface area contributed by atoms with Crippen molar-refractivity contribution in [3.8, 4) is 0 Å². The van der Waals surface area contributed by atoms with E-state index in [4.69, 9.17) is 9.47 Å². The van der Waals surface area contributed by atoms with Crippen molar-refractivity contribution in [3.63, 3.8) is 0 Å². The largest absolute Gasteiger partial charge is 0.382 e. The highest BCUT2D eigenvalue weighted by Gasteiger charge is 2.41. The molecule has 2 aliphatic rings. The fraction of sp³-hybridized carbons (Fsp3) is 1.00. The molecule has 2 heterocycles. The molecule has 0 aliphatic carbocycles. The van der Waals surface area contributed by atoms with Gasteiger partial charge >= 0.3 is 0 Å². The third kappa shape index (κ3) is 2.74. The van der Waals surface area contributed by atoms with Crippen LogP contribution in [-0.4, -0.2) is 64.1 Å². The highest BCUT2D eigenvalue weighted by Crippen LogP contribution is 2.31. The first-order chi connectivity index (χ1) is 7.83. The first-order valence-electron chi connectivity index (χ1n) is 6.34. The average molecular weight is 228 g/mol. The summed E-state index contributed by atoms with van der Waals surface area (Å²) in [6.45, 7) is 9.32. The summed E-state index contributed by atoms with van der Waals surface area (Å²) in [5.74, 6) is 1.73. The minimum Gasteiger partial charge on any atom is -0.382 e. The number of hydrogen-bond donors (Lipinski definition) is 1. The Bertz CT molecular complexity index is 213. The number of nitrogens with one attached hydrogen (secondary N) is 1. The maximum atomic E-state index is 5.52. The Kier molecular flexibility index (Phi) is 4.58. The van der Waals surface area contributed by atoms with E-state index >= 15 is 0 Å². The summed E-state index contributed by atoms with van der Waals surface area (Å²) in [6.07, 6.45) is 0. The Morgan fingerprint density at radius 2 is 2.12 bits per heavy atom. The van der Waals surface area contributed by atoms with Crippen LogP contribution in [0.25, 0.3) is 0 Å². The number of nitrogens with zero attached hydrogens (tertiary/aromatic N) is 1. The normalized spacial score (nSPS) is 34.5. The van der Waals surface area contributed by atoms with Crippen molar-refractivity contribution in [1.29, 1.82) is 0 Å². The van der Waals surface area contributed by atoms with Crippen molar-refractivity contribution in [2.45, 2.75) is 13.0 Å². The summed E-state index contributed by atoms with van der Waals surface area (Å²) in [4.78, 5) is 2.57. The van der Waals surface area contributed by atoms with E-state index in [1.54, 1.807) is 7.11 Å². The Morgan fingerprint density at radius 3 is 2.88 bits per heavy atom. The third-order valence-corrected chi connectivity index (χ3v) is 4.01. The summed E-state index contributed by atoms with van der Waals surface area (Å²) >= 11 is 0. The number of fused-ring (bicyclic) bond motifs is 1. The molecule has 4 heteroatoms. The van der Waals surface area contributed by atoms with Gasteiger partial charge in [0, 0.05) is 26.2 Å². The molecule has 94 valence electrons. The van der Waals surface area contributed by atoms with Gasteiger partial charge in [-0.2, -0.15) is 0 Å². The zero-order valence-electron chi connectivity index (χ0n) is 10.4. The molecule has 3 unspecified atom stereocenters. The monoisotopic (exact) mass is 228 g/mol. The summed E-state index contributed by atoms with van der Waals surface area (Å²) in [7, 11) is 1.71. The Hall–Kier alpha value is -0.160. The van der Waals surface area contributed by atoms with Crippen LogP contribution in [0.1, 0.15) is 6.92 Å². The van der Waals surface area contributed by atoms with Gasteiger partial charge in [-0.15, -0.1) is 0 Å². The van der Waals surface area contributed by atoms with Gasteiger partial charge in [-0.1, -0.05) is 0 Å². The molecule has 16 heavy (non-hydrogen) atoms. The lowest BCUT2D eigenvalue weighted by molar-refractivity contribution is 0.0545. The molecule has 0 aromatic carbocycles. The second kappa shape index (κ2) is 5.96. The van der Waals surface area contributed by atoms with Gasteiger partial charge < -0.3 is 14.8 Å². The molecule has 2 saturated heterocycles. The second-order valence-corrected chi connectivity index (χ2v) is 4.92. The standard InChI is InChI=1S/C12H24N2O2/c1-10-12-8-13-7-11(12)9-14(10)3-4-16-6-5-15-2/h10-13H,3-9H2,1-2H3. The van der Waals surface area contributed by atoms with Crippen LogP contribution in [0, 0.1) is 11.8 Å². The fourth-order valence-electron chi connectivity index (χ4n) is 2.98. The molecular weight excluding hydrogens is 204 g/mol. The Labute approximate surface area is 98.3 Å². The molecule has 0 amide bonds. The van der Waals surface area contributed by atoms with Crippen LogP contribution in [0.3, 0.4) is 0 Å². The molecule has 0 saturated carbocycles. The molecule has 4 nitrogen and oxygen atoms in total. The topological polar surface area (TPSA) is 33.7 Å². The zero-order chi connectivity index (χ0) is 11.4. The van der Waals surface area contributed by atoms with Crippen molar-refractivity contribution in [2.75, 3.05) is 53.1 Å². The summed E-state index contributed by atoms with van der Waals surface area (Å²) in [6, 6.07) is 0.714. The van der Waals surface area contributed by atoms with E-state index in [0.29, 0.717) is 19.3 Å². The van der Waals surface area contributed by atoms with Crippen LogP contribution in [-0.2, 0) is 9.47 Å². The van der Waals surface area contributed by atoms with Gasteiger partial charge in [-0.25, -0.2) is 0 Å². The van der Waals surface area contributed by atoms with E-state index in [2.05, 4.69) is 17.1 Å². The fourth-order valence-corrected chi connectivity index (χ4v) is 2.98. The Morgan fingerprint density at radius 1 is 1.25 bits per heavy atom. The zero-order valence-corrected chi connectivity index (χ0v) is 10.4. The lowest BCUT2D eigenvalue weighted by Crippen LogP contribution is -2.35. The summed E-state index contributed by atoms with van der Waals surface area (Å²) in [5, 5.41) is 3.48. The quantitative estimate of drug-likeness (QED) is 0.658. The van der Waals surface area contributed by atoms with E-state index in [9.17, 15) is 0 Å². The maximum Gasteiger partial charge on any atom is 0.0700 e. The van der Waals surface area contributed by atoms with Gasteiger partial charge in [0.1, 0.15) is 0 Å². The molecular formula is C12H24N2O2. The van der Waals surface area contributed by atoms with Gasteiger partial charge in [0.2, 0.25) is 0 Å². The summed E-state index contributed by atoms with van der Waals surface area (Å²) < 4.78 is 10.5. The molecule has 0 radical (unpaired) electrons. The van der Waals surface area contributed by atoms with Crippen molar-refractivity contribution in [2.24, 2.45) is 11.8 Å². The first-order valence-corrected chi connectivity index (χ1v) is 6.34. The van der Waals surface area contributed by atoms with Gasteiger partial charge in [-0.05, 0) is 31.8 Å². The van der Waals surface area contributed by atoms with Gasteiger partial charge in [0.15, 0.2) is 0 Å². The predicted octanol–water partition coefficient (Wildman–Crippen LogP) is 0.189. The lowest BCUT2D eigenvalue weighted by Gasteiger charge is -2.23. The smallest absolute Gasteiger partial charge is 0.0700 e. The number of methoxy groups -OCH3 is 1. The third-order valence-electron chi connectivity index (χ3n) is 4.01. The second-order valence-electron chi connectivity index (χ2n) is 4.92. The molecule has 2 fully saturated rings. The van der Waals surface area contributed by atoms with Gasteiger partial charge in [0.25, 0.3) is 0 Å². The molecule has 0 spiro atoms. The van der Waals surface area contributed by atoms with Crippen molar-refractivity contribution in [3.05, 3.63) is 0 Å². The van der Waals surface area contributed by atoms with Crippen molar-refractivity contribution in [1.82, 2.24) is 10.2 Å². The molecule has 0 aromatic rings. The van der Waals surface area contributed by atoms with Crippen molar-refractivity contribution < 1.29 is 9.47 Å². The number of ether oxygens (including phenoxy) is 2. The van der Waals surface area contributed by atoms with Crippen LogP contribution in [0.2, 0.25) is 0 Å². The van der Waals surface area contributed by atoms with Gasteiger partial charge in [0.05, 0.1) is 19.8 Å². The van der Waals surface area contributed by atoms with E-state index in [1.165, 1.54) is 19.6 Å². The minimum atomic E-state index is 0.699. The number of likely N-dealkylation sites (tertiary alicyclic amines) is 1. The van der Waals surface area contributed by atoms with Crippen LogP contribution >= 0.6 is 0 Å². The van der Waals surface area contributed by atoms with E-state index in [0.717, 1.165) is 25.0 Å². The molecule has 3 atom stereocenters. The van der Waals surface area contributed by atoms with Gasteiger partial charge in [-0.3, -0.25) is 4.90 Å². The van der Waals surface area contributed by atoms with E-state index in [1.807, 2.05) is 0 Å². The summed E-state index contributed by atoms with van der Waals surface area (Å²) in [5.41, 5.74) is 0. The van der Waals surface area contributed by atoms with Crippen LogP contribution in [0.4, 0.5) is 0 Å². The molecule has 1 N–H and O–H groups in total. The maximum absolute atomic E-state index is 5.52. The van der Waals surface area contributed by atoms with Crippen LogP contribution in [0.15, 0.2) is 0 Å². The molecule has 0 bridgehead atoms. The van der Waals surface area contributed by atoms with E-state index < -0.39 is 0 Å². The lowest BCUT2D eigenvalue weighted by atomic mass is 9.95. The Balaban J connectivity index is 1.63. The molecule has 0 aromatic heterocycles. The van der Waals surface area contributed by atoms with Crippen LogP contribution in [0.5, 0.6) is 0 Å². The highest BCUT2D eigenvalue weighted by atomic mass is 16.5. The number of rotatable bonds is 6. The SMILES string of the molecule is COCCOCCN1CC2CNCC2C1C. The predicted molar refractivity (Wildman–Crippen MR) is 63.6 cm³/mol. The van der Waals surface area contributed by atoms with Crippen molar-refractivity contribution >= 4 is 0 Å². The average Bonchev–Trinajstić information content (AvgIpc) is 2.83. The van der Waals surface area contributed by atoms with Crippen LogP contribution < -0.4 is 5.32 Å². The molecule has 2 rings (SSSR count). The minimum absolute atomic E-state index is 0.699.